The van der Waals surface area contributed by atoms with Crippen molar-refractivity contribution in [2.24, 2.45) is 5.92 Å². The minimum atomic E-state index is 0.417. The Morgan fingerprint density at radius 1 is 1.25 bits per heavy atom. The van der Waals surface area contributed by atoms with Gasteiger partial charge in [0.1, 0.15) is 0 Å². The lowest BCUT2D eigenvalue weighted by molar-refractivity contribution is 0.261. The van der Waals surface area contributed by atoms with E-state index in [2.05, 4.69) is 34.3 Å². The van der Waals surface area contributed by atoms with Crippen molar-refractivity contribution in [2.75, 3.05) is 6.54 Å². The van der Waals surface area contributed by atoms with Gasteiger partial charge in [0, 0.05) is 18.4 Å². The first-order valence-electron chi connectivity index (χ1n) is 7.81. The minimum Gasteiger partial charge on any atom is -0.310 e. The van der Waals surface area contributed by atoms with Gasteiger partial charge in [0.05, 0.1) is 11.0 Å². The second-order valence-corrected chi connectivity index (χ2v) is 5.81. The number of aromatic nitrogens is 2. The Hall–Kier alpha value is -1.48. The molecule has 1 saturated carbocycles. The van der Waals surface area contributed by atoms with Gasteiger partial charge in [-0.1, -0.05) is 38.3 Å². The molecule has 1 heterocycles. The quantitative estimate of drug-likeness (QED) is 0.865. The summed E-state index contributed by atoms with van der Waals surface area (Å²) in [5, 5.41) is 3.71. The van der Waals surface area contributed by atoms with E-state index in [1.165, 1.54) is 31.2 Å². The predicted molar refractivity (Wildman–Crippen MR) is 82.5 cm³/mol. The lowest BCUT2D eigenvalue weighted by Crippen LogP contribution is -2.27. The molecule has 1 aliphatic carbocycles. The van der Waals surface area contributed by atoms with E-state index in [4.69, 9.17) is 0 Å². The minimum absolute atomic E-state index is 0.417. The van der Waals surface area contributed by atoms with Crippen LogP contribution in [0.2, 0.25) is 0 Å². The smallest absolute Gasteiger partial charge is 0.0934 e. The summed E-state index contributed by atoms with van der Waals surface area (Å²) in [6, 6.07) is 6.78. The molecule has 1 aliphatic rings. The van der Waals surface area contributed by atoms with Crippen LogP contribution in [0.1, 0.15) is 50.6 Å². The fourth-order valence-electron chi connectivity index (χ4n) is 3.00. The number of hydrogen-bond acceptors (Lipinski definition) is 3. The number of fused-ring (bicyclic) bond motifs is 1. The first-order valence-corrected chi connectivity index (χ1v) is 7.81. The summed E-state index contributed by atoms with van der Waals surface area (Å²) in [5.41, 5.74) is 3.38. The molecular weight excluding hydrogens is 246 g/mol. The zero-order valence-electron chi connectivity index (χ0n) is 12.2. The van der Waals surface area contributed by atoms with Crippen molar-refractivity contribution in [1.29, 1.82) is 0 Å². The second-order valence-electron chi connectivity index (χ2n) is 5.81. The lowest BCUT2D eigenvalue weighted by atomic mass is 9.79. The standard InChI is InChI=1S/C17H23N3/c1-2-9-18-16(12-13-5-3-6-13)14-7-4-8-15-17(14)20-11-10-19-15/h4,7-8,10-11,13,16,18H,2-3,5-6,9,12H2,1H3. The van der Waals surface area contributed by atoms with Crippen molar-refractivity contribution in [3.63, 3.8) is 0 Å². The Kier molecular flexibility index (Phi) is 4.26. The normalized spacial score (nSPS) is 17.1. The molecule has 106 valence electrons. The largest absolute Gasteiger partial charge is 0.310 e. The van der Waals surface area contributed by atoms with E-state index < -0.39 is 0 Å². The van der Waals surface area contributed by atoms with E-state index in [1.54, 1.807) is 12.4 Å². The van der Waals surface area contributed by atoms with Gasteiger partial charge in [-0.25, -0.2) is 0 Å². The lowest BCUT2D eigenvalue weighted by Gasteiger charge is -2.30. The molecule has 1 aromatic carbocycles. The summed E-state index contributed by atoms with van der Waals surface area (Å²) in [4.78, 5) is 8.99. The first kappa shape index (κ1) is 13.5. The highest BCUT2D eigenvalue weighted by Crippen LogP contribution is 2.36. The van der Waals surface area contributed by atoms with E-state index in [1.807, 2.05) is 6.07 Å². The summed E-state index contributed by atoms with van der Waals surface area (Å²) in [6.07, 6.45) is 10.1. The monoisotopic (exact) mass is 269 g/mol. The van der Waals surface area contributed by atoms with Gasteiger partial charge in [-0.3, -0.25) is 9.97 Å². The van der Waals surface area contributed by atoms with Crippen LogP contribution in [0.3, 0.4) is 0 Å². The fraction of sp³-hybridized carbons (Fsp3) is 0.529. The van der Waals surface area contributed by atoms with Crippen molar-refractivity contribution < 1.29 is 0 Å². The number of nitrogens with one attached hydrogen (secondary N) is 1. The zero-order chi connectivity index (χ0) is 13.8. The summed E-state index contributed by atoms with van der Waals surface area (Å²) >= 11 is 0. The highest BCUT2D eigenvalue weighted by molar-refractivity contribution is 5.78. The van der Waals surface area contributed by atoms with Gasteiger partial charge < -0.3 is 5.32 Å². The molecule has 1 fully saturated rings. The molecule has 0 radical (unpaired) electrons. The molecule has 3 nitrogen and oxygen atoms in total. The Morgan fingerprint density at radius 3 is 2.85 bits per heavy atom. The molecule has 0 aliphatic heterocycles. The molecule has 3 heteroatoms. The van der Waals surface area contributed by atoms with E-state index in [0.717, 1.165) is 29.9 Å². The van der Waals surface area contributed by atoms with Crippen LogP contribution in [-0.4, -0.2) is 16.5 Å². The fourth-order valence-corrected chi connectivity index (χ4v) is 3.00. The second kappa shape index (κ2) is 6.31. The topological polar surface area (TPSA) is 37.8 Å². The van der Waals surface area contributed by atoms with Gasteiger partial charge in [-0.15, -0.1) is 0 Å². The number of nitrogens with zero attached hydrogens (tertiary/aromatic N) is 2. The van der Waals surface area contributed by atoms with E-state index in [-0.39, 0.29) is 0 Å². The molecule has 3 rings (SSSR count). The molecule has 0 bridgehead atoms. The van der Waals surface area contributed by atoms with Crippen molar-refractivity contribution >= 4 is 11.0 Å². The third-order valence-corrected chi connectivity index (χ3v) is 4.34. The van der Waals surface area contributed by atoms with Crippen molar-refractivity contribution in [3.05, 3.63) is 36.2 Å². The van der Waals surface area contributed by atoms with Gasteiger partial charge in [0.25, 0.3) is 0 Å². The van der Waals surface area contributed by atoms with Crippen LogP contribution in [0.5, 0.6) is 0 Å². The molecule has 20 heavy (non-hydrogen) atoms. The van der Waals surface area contributed by atoms with Gasteiger partial charge in [-0.05, 0) is 36.9 Å². The maximum Gasteiger partial charge on any atom is 0.0934 e. The van der Waals surface area contributed by atoms with Crippen LogP contribution in [0.15, 0.2) is 30.6 Å². The van der Waals surface area contributed by atoms with Crippen LogP contribution in [-0.2, 0) is 0 Å². The van der Waals surface area contributed by atoms with Crippen LogP contribution in [0.4, 0.5) is 0 Å². The van der Waals surface area contributed by atoms with Gasteiger partial charge in [0.15, 0.2) is 0 Å². The summed E-state index contributed by atoms with van der Waals surface area (Å²) in [5.74, 6) is 0.885. The molecule has 0 amide bonds. The zero-order valence-corrected chi connectivity index (χ0v) is 12.2. The Balaban J connectivity index is 1.90. The third-order valence-electron chi connectivity index (χ3n) is 4.34. The van der Waals surface area contributed by atoms with Crippen LogP contribution < -0.4 is 5.32 Å². The van der Waals surface area contributed by atoms with Gasteiger partial charge in [0.2, 0.25) is 0 Å². The van der Waals surface area contributed by atoms with Crippen molar-refractivity contribution in [1.82, 2.24) is 15.3 Å². The van der Waals surface area contributed by atoms with E-state index in [9.17, 15) is 0 Å². The first-order chi connectivity index (χ1) is 9.88. The highest BCUT2D eigenvalue weighted by Gasteiger charge is 2.24. The van der Waals surface area contributed by atoms with Crippen molar-refractivity contribution in [2.45, 2.75) is 45.1 Å². The maximum absolute atomic E-state index is 4.56. The SMILES string of the molecule is CCCNC(CC1CCC1)c1cccc2nccnc12. The average Bonchev–Trinajstić information content (AvgIpc) is 2.45. The number of rotatable bonds is 6. The van der Waals surface area contributed by atoms with E-state index in [0.29, 0.717) is 6.04 Å². The van der Waals surface area contributed by atoms with E-state index >= 15 is 0 Å². The molecule has 1 atom stereocenters. The molecule has 1 unspecified atom stereocenters. The highest BCUT2D eigenvalue weighted by atomic mass is 14.9. The van der Waals surface area contributed by atoms with Gasteiger partial charge >= 0.3 is 0 Å². The summed E-state index contributed by atoms with van der Waals surface area (Å²) < 4.78 is 0. The Morgan fingerprint density at radius 2 is 2.10 bits per heavy atom. The van der Waals surface area contributed by atoms with Crippen LogP contribution in [0.25, 0.3) is 11.0 Å². The number of hydrogen-bond donors (Lipinski definition) is 1. The molecular formula is C17H23N3. The number of para-hydroxylation sites is 1. The van der Waals surface area contributed by atoms with Crippen LogP contribution in [0, 0.1) is 5.92 Å². The summed E-state index contributed by atoms with van der Waals surface area (Å²) in [7, 11) is 0. The number of benzene rings is 1. The molecule has 2 aromatic rings. The molecule has 0 saturated heterocycles. The molecule has 1 N–H and O–H groups in total. The maximum atomic E-state index is 4.56. The Bertz CT molecular complexity index is 558. The van der Waals surface area contributed by atoms with Crippen LogP contribution >= 0.6 is 0 Å². The third kappa shape index (κ3) is 2.83. The Labute approximate surface area is 120 Å². The summed E-state index contributed by atoms with van der Waals surface area (Å²) in [6.45, 7) is 3.28. The molecule has 1 aromatic heterocycles. The predicted octanol–water partition coefficient (Wildman–Crippen LogP) is 3.86. The van der Waals surface area contributed by atoms with Crippen molar-refractivity contribution in [3.8, 4) is 0 Å². The average molecular weight is 269 g/mol. The van der Waals surface area contributed by atoms with Gasteiger partial charge in [-0.2, -0.15) is 0 Å². The molecule has 0 spiro atoms.